The molecule has 0 aliphatic carbocycles. The van der Waals surface area contributed by atoms with E-state index in [0.717, 1.165) is 0 Å². The van der Waals surface area contributed by atoms with Gasteiger partial charge in [-0.1, -0.05) is 0 Å². The predicted octanol–water partition coefficient (Wildman–Crippen LogP) is 1.18. The van der Waals surface area contributed by atoms with Crippen molar-refractivity contribution in [3.63, 3.8) is 0 Å². The van der Waals surface area contributed by atoms with E-state index in [2.05, 4.69) is 20.6 Å². The molecule has 0 saturated carbocycles. The Morgan fingerprint density at radius 1 is 1.33 bits per heavy atom. The number of nitrogens with zero attached hydrogens (tertiary/aromatic N) is 2. The molecule has 0 spiro atoms. The minimum atomic E-state index is -2.44. The second-order valence-electron chi connectivity index (χ2n) is 3.42. The van der Waals surface area contributed by atoms with Gasteiger partial charge in [0.25, 0.3) is 6.43 Å². The van der Waals surface area contributed by atoms with Crippen LogP contribution in [0, 0.1) is 0 Å². The monoisotopic (exact) mass is 261 g/mol. The van der Waals surface area contributed by atoms with Crippen molar-refractivity contribution in [3.05, 3.63) is 6.07 Å². The van der Waals surface area contributed by atoms with Crippen LogP contribution in [0.4, 0.5) is 26.4 Å². The summed E-state index contributed by atoms with van der Waals surface area (Å²) in [6.45, 7) is 2.63. The summed E-state index contributed by atoms with van der Waals surface area (Å²) in [6.07, 6.45) is -2.44. The first-order chi connectivity index (χ1) is 8.61. The lowest BCUT2D eigenvalue weighted by Crippen LogP contribution is -2.14. The Hall–Kier alpha value is -1.70. The van der Waals surface area contributed by atoms with Crippen LogP contribution in [0.15, 0.2) is 6.07 Å². The van der Waals surface area contributed by atoms with Crippen LogP contribution in [0.2, 0.25) is 0 Å². The van der Waals surface area contributed by atoms with Crippen molar-refractivity contribution in [3.8, 4) is 0 Å². The van der Waals surface area contributed by atoms with Gasteiger partial charge in [0.05, 0.1) is 6.61 Å². The summed E-state index contributed by atoms with van der Waals surface area (Å²) in [5, 5.41) is 5.92. The predicted molar refractivity (Wildman–Crippen MR) is 65.9 cm³/mol. The van der Waals surface area contributed by atoms with Crippen LogP contribution < -0.4 is 16.4 Å². The molecule has 0 aliphatic heterocycles. The molecular formula is C10H17F2N5O. The number of hydrogen-bond acceptors (Lipinski definition) is 6. The standard InChI is InChI=1S/C10H17F2N5O/c1-2-14-8-5-9(17-10(13)16-8)15-3-4-18-6-7(11)12/h5,7H,2-4,6H2,1H3,(H4,13,14,15,16,17). The minimum absolute atomic E-state index is 0.143. The van der Waals surface area contributed by atoms with Gasteiger partial charge >= 0.3 is 0 Å². The molecule has 8 heteroatoms. The highest BCUT2D eigenvalue weighted by molar-refractivity contribution is 5.50. The van der Waals surface area contributed by atoms with E-state index in [4.69, 9.17) is 10.5 Å². The molecular weight excluding hydrogens is 244 g/mol. The summed E-state index contributed by atoms with van der Waals surface area (Å²) >= 11 is 0. The van der Waals surface area contributed by atoms with Gasteiger partial charge in [-0.25, -0.2) is 8.78 Å². The van der Waals surface area contributed by atoms with Crippen LogP contribution in [0.3, 0.4) is 0 Å². The van der Waals surface area contributed by atoms with Gasteiger partial charge in [-0.15, -0.1) is 0 Å². The Morgan fingerprint density at radius 2 is 2.00 bits per heavy atom. The number of alkyl halides is 2. The second-order valence-corrected chi connectivity index (χ2v) is 3.42. The molecule has 1 aromatic rings. The number of halogens is 2. The fraction of sp³-hybridized carbons (Fsp3) is 0.600. The molecule has 1 rings (SSSR count). The normalized spacial score (nSPS) is 10.7. The molecule has 1 aromatic heterocycles. The first-order valence-electron chi connectivity index (χ1n) is 5.60. The van der Waals surface area contributed by atoms with E-state index in [-0.39, 0.29) is 12.6 Å². The van der Waals surface area contributed by atoms with E-state index in [0.29, 0.717) is 24.7 Å². The molecule has 0 fully saturated rings. The molecule has 0 aromatic carbocycles. The fourth-order valence-electron chi connectivity index (χ4n) is 1.25. The van der Waals surface area contributed by atoms with Gasteiger partial charge in [0, 0.05) is 19.2 Å². The number of hydrogen-bond donors (Lipinski definition) is 3. The number of nitrogens with two attached hydrogens (primary N) is 1. The average molecular weight is 261 g/mol. The summed E-state index contributed by atoms with van der Waals surface area (Å²) in [6, 6.07) is 1.69. The van der Waals surface area contributed by atoms with E-state index in [9.17, 15) is 8.78 Å². The maximum absolute atomic E-state index is 11.8. The smallest absolute Gasteiger partial charge is 0.261 e. The zero-order chi connectivity index (χ0) is 13.4. The van der Waals surface area contributed by atoms with Crippen molar-refractivity contribution in [2.45, 2.75) is 13.3 Å². The van der Waals surface area contributed by atoms with Crippen LogP contribution in [0.5, 0.6) is 0 Å². The number of nitrogen functional groups attached to an aromatic ring is 1. The number of aromatic nitrogens is 2. The van der Waals surface area contributed by atoms with Crippen LogP contribution in [0.25, 0.3) is 0 Å². The van der Waals surface area contributed by atoms with E-state index < -0.39 is 13.0 Å². The van der Waals surface area contributed by atoms with Crippen LogP contribution >= 0.6 is 0 Å². The third kappa shape index (κ3) is 5.58. The zero-order valence-electron chi connectivity index (χ0n) is 10.1. The number of nitrogens with one attached hydrogen (secondary N) is 2. The van der Waals surface area contributed by atoms with Crippen LogP contribution in [-0.2, 0) is 4.74 Å². The van der Waals surface area contributed by atoms with Crippen molar-refractivity contribution in [2.75, 3.05) is 42.7 Å². The van der Waals surface area contributed by atoms with Crippen molar-refractivity contribution in [1.29, 1.82) is 0 Å². The summed E-state index contributed by atoms with van der Waals surface area (Å²) in [7, 11) is 0. The van der Waals surface area contributed by atoms with Crippen molar-refractivity contribution in [1.82, 2.24) is 9.97 Å². The maximum atomic E-state index is 11.8. The fourth-order valence-corrected chi connectivity index (χ4v) is 1.25. The highest BCUT2D eigenvalue weighted by atomic mass is 19.3. The Morgan fingerprint density at radius 3 is 2.61 bits per heavy atom. The Balaban J connectivity index is 2.37. The molecule has 0 bridgehead atoms. The molecule has 6 nitrogen and oxygen atoms in total. The molecule has 0 unspecified atom stereocenters. The van der Waals surface area contributed by atoms with Gasteiger partial charge in [0.1, 0.15) is 18.2 Å². The molecule has 0 atom stereocenters. The second kappa shape index (κ2) is 7.59. The first kappa shape index (κ1) is 14.4. The van der Waals surface area contributed by atoms with Crippen molar-refractivity contribution < 1.29 is 13.5 Å². The Bertz CT molecular complexity index is 364. The van der Waals surface area contributed by atoms with Gasteiger partial charge < -0.3 is 21.1 Å². The molecule has 0 saturated heterocycles. The Kier molecular flexibility index (Phi) is 6.06. The van der Waals surface area contributed by atoms with Gasteiger partial charge in [-0.2, -0.15) is 9.97 Å². The SMILES string of the molecule is CCNc1cc(NCCOCC(F)F)nc(N)n1. The van der Waals surface area contributed by atoms with Gasteiger partial charge in [0.15, 0.2) is 0 Å². The van der Waals surface area contributed by atoms with Gasteiger partial charge in [-0.05, 0) is 6.92 Å². The summed E-state index contributed by atoms with van der Waals surface area (Å²) in [4.78, 5) is 7.94. The third-order valence-electron chi connectivity index (χ3n) is 1.90. The zero-order valence-corrected chi connectivity index (χ0v) is 10.1. The summed E-state index contributed by atoms with van der Waals surface area (Å²) in [5.41, 5.74) is 5.53. The third-order valence-corrected chi connectivity index (χ3v) is 1.90. The van der Waals surface area contributed by atoms with Crippen molar-refractivity contribution in [2.24, 2.45) is 0 Å². The quantitative estimate of drug-likeness (QED) is 0.609. The molecule has 18 heavy (non-hydrogen) atoms. The summed E-state index contributed by atoms with van der Waals surface area (Å²) in [5.74, 6) is 1.28. The lowest BCUT2D eigenvalue weighted by Gasteiger charge is -2.09. The molecule has 102 valence electrons. The van der Waals surface area contributed by atoms with E-state index in [1.54, 1.807) is 6.07 Å². The molecule has 0 radical (unpaired) electrons. The molecule has 0 amide bonds. The average Bonchev–Trinajstić information content (AvgIpc) is 2.28. The number of ether oxygens (including phenoxy) is 1. The van der Waals surface area contributed by atoms with E-state index in [1.807, 2.05) is 6.92 Å². The lowest BCUT2D eigenvalue weighted by atomic mass is 10.5. The highest BCUT2D eigenvalue weighted by Gasteiger charge is 2.03. The topological polar surface area (TPSA) is 85.1 Å². The van der Waals surface area contributed by atoms with Crippen molar-refractivity contribution >= 4 is 17.6 Å². The van der Waals surface area contributed by atoms with Gasteiger partial charge in [-0.3, -0.25) is 0 Å². The van der Waals surface area contributed by atoms with E-state index in [1.165, 1.54) is 0 Å². The Labute approximate surface area is 104 Å². The van der Waals surface area contributed by atoms with Crippen LogP contribution in [0.1, 0.15) is 6.92 Å². The summed E-state index contributed by atoms with van der Waals surface area (Å²) < 4.78 is 28.3. The molecule has 1 heterocycles. The number of anilines is 3. The first-order valence-corrected chi connectivity index (χ1v) is 5.60. The van der Waals surface area contributed by atoms with Crippen LogP contribution in [-0.4, -0.2) is 42.7 Å². The largest absolute Gasteiger partial charge is 0.374 e. The van der Waals surface area contributed by atoms with Gasteiger partial charge in [0.2, 0.25) is 5.95 Å². The molecule has 4 N–H and O–H groups in total. The number of rotatable bonds is 8. The lowest BCUT2D eigenvalue weighted by molar-refractivity contribution is 0.0215. The minimum Gasteiger partial charge on any atom is -0.374 e. The molecule has 0 aliphatic rings. The maximum Gasteiger partial charge on any atom is 0.261 e. The van der Waals surface area contributed by atoms with E-state index >= 15 is 0 Å². The highest BCUT2D eigenvalue weighted by Crippen LogP contribution is 2.11.